The summed E-state index contributed by atoms with van der Waals surface area (Å²) in [5, 5.41) is 8.05. The molecule has 6 nitrogen and oxygen atoms in total. The van der Waals surface area contributed by atoms with Gasteiger partial charge in [-0.15, -0.1) is 0 Å². The summed E-state index contributed by atoms with van der Waals surface area (Å²) in [6, 6.07) is 0. The Morgan fingerprint density at radius 2 is 2.09 bits per heavy atom. The smallest absolute Gasteiger partial charge is 0.329 e. The molecule has 0 radical (unpaired) electrons. The lowest BCUT2D eigenvalue weighted by Crippen LogP contribution is -2.10. The summed E-state index contributed by atoms with van der Waals surface area (Å²) in [6.45, 7) is -0.651. The average Bonchev–Trinajstić information content (AvgIpc) is 1.96. The van der Waals surface area contributed by atoms with Crippen LogP contribution in [-0.4, -0.2) is 37.7 Å². The second-order valence-electron chi connectivity index (χ2n) is 1.44. The van der Waals surface area contributed by atoms with Gasteiger partial charge in [-0.25, -0.2) is 4.79 Å². The number of hydrogen-bond acceptors (Lipinski definition) is 5. The number of carboxylic acid groups (broad SMARTS) is 1. The normalized spacial score (nSPS) is 9.09. The molecule has 0 aromatic carbocycles. The highest BCUT2D eigenvalue weighted by Crippen LogP contribution is 1.78. The van der Waals surface area contributed by atoms with Gasteiger partial charge in [0.2, 0.25) is 0 Å². The fraction of sp³-hybridized carbons (Fsp3) is 0.600. The standard InChI is InChI=1S/C5H8O6/c6-2-10-4-11-3-9-1-5(7)8/h2H,1,3-4H2,(H,7,8). The van der Waals surface area contributed by atoms with E-state index in [9.17, 15) is 9.59 Å². The molecule has 0 spiro atoms. The van der Waals surface area contributed by atoms with Crippen molar-refractivity contribution in [1.82, 2.24) is 0 Å². The van der Waals surface area contributed by atoms with Crippen LogP contribution < -0.4 is 0 Å². The molecule has 0 aliphatic carbocycles. The molecule has 0 rings (SSSR count). The van der Waals surface area contributed by atoms with E-state index in [1.165, 1.54) is 0 Å². The minimum Gasteiger partial charge on any atom is -0.480 e. The van der Waals surface area contributed by atoms with Crippen molar-refractivity contribution in [2.24, 2.45) is 0 Å². The summed E-state index contributed by atoms with van der Waals surface area (Å²) in [4.78, 5) is 19.3. The summed E-state index contributed by atoms with van der Waals surface area (Å²) < 4.78 is 13.0. The highest BCUT2D eigenvalue weighted by molar-refractivity contribution is 5.67. The highest BCUT2D eigenvalue weighted by atomic mass is 16.7. The zero-order valence-corrected chi connectivity index (χ0v) is 5.69. The molecule has 0 aromatic rings. The van der Waals surface area contributed by atoms with Crippen molar-refractivity contribution in [2.45, 2.75) is 0 Å². The van der Waals surface area contributed by atoms with Crippen LogP contribution in [0.2, 0.25) is 0 Å². The Hall–Kier alpha value is -1.14. The van der Waals surface area contributed by atoms with Crippen LogP contribution in [0.4, 0.5) is 0 Å². The van der Waals surface area contributed by atoms with E-state index in [4.69, 9.17) is 5.11 Å². The summed E-state index contributed by atoms with van der Waals surface area (Å²) in [5.74, 6) is -1.08. The molecule has 0 aromatic heterocycles. The lowest BCUT2D eigenvalue weighted by Gasteiger charge is -2.00. The molecule has 0 amide bonds. The molecule has 0 atom stereocenters. The van der Waals surface area contributed by atoms with Crippen LogP contribution in [0, 0.1) is 0 Å². The monoisotopic (exact) mass is 164 g/mol. The van der Waals surface area contributed by atoms with Crippen molar-refractivity contribution >= 4 is 12.4 Å². The van der Waals surface area contributed by atoms with E-state index in [2.05, 4.69) is 14.2 Å². The molecule has 0 saturated carbocycles. The van der Waals surface area contributed by atoms with Crippen molar-refractivity contribution in [3.63, 3.8) is 0 Å². The topological polar surface area (TPSA) is 82.1 Å². The maximum atomic E-state index is 9.82. The van der Waals surface area contributed by atoms with Crippen LogP contribution in [0.5, 0.6) is 0 Å². The first-order valence-electron chi connectivity index (χ1n) is 2.70. The van der Waals surface area contributed by atoms with Crippen LogP contribution in [0.25, 0.3) is 0 Å². The van der Waals surface area contributed by atoms with Crippen molar-refractivity contribution < 1.29 is 28.9 Å². The van der Waals surface area contributed by atoms with Gasteiger partial charge in [-0.1, -0.05) is 0 Å². The van der Waals surface area contributed by atoms with Gasteiger partial charge in [-0.2, -0.15) is 0 Å². The van der Waals surface area contributed by atoms with E-state index < -0.39 is 12.6 Å². The molecule has 1 N–H and O–H groups in total. The van der Waals surface area contributed by atoms with E-state index in [0.717, 1.165) is 0 Å². The van der Waals surface area contributed by atoms with Gasteiger partial charge in [0.25, 0.3) is 6.47 Å². The molecule has 0 saturated heterocycles. The summed E-state index contributed by atoms with van der Waals surface area (Å²) in [6.07, 6.45) is 0. The molecule has 0 fully saturated rings. The SMILES string of the molecule is O=COCOCOCC(=O)O. The molecule has 0 aliphatic heterocycles. The van der Waals surface area contributed by atoms with Crippen molar-refractivity contribution in [3.05, 3.63) is 0 Å². The zero-order valence-electron chi connectivity index (χ0n) is 5.69. The zero-order chi connectivity index (χ0) is 8.53. The average molecular weight is 164 g/mol. The Bertz CT molecular complexity index is 122. The molecular formula is C5H8O6. The number of ether oxygens (including phenoxy) is 3. The number of carboxylic acids is 1. The largest absolute Gasteiger partial charge is 0.480 e. The number of carbonyl (C=O) groups is 2. The molecule has 11 heavy (non-hydrogen) atoms. The number of rotatable bonds is 7. The van der Waals surface area contributed by atoms with E-state index in [1.807, 2.05) is 0 Å². The first kappa shape index (κ1) is 9.86. The Kier molecular flexibility index (Phi) is 6.25. The molecular weight excluding hydrogens is 156 g/mol. The van der Waals surface area contributed by atoms with Crippen molar-refractivity contribution in [1.29, 1.82) is 0 Å². The van der Waals surface area contributed by atoms with Crippen LogP contribution >= 0.6 is 0 Å². The predicted octanol–water partition coefficient (Wildman–Crippen LogP) is -0.808. The number of carbonyl (C=O) groups excluding carboxylic acids is 1. The third kappa shape index (κ3) is 8.86. The van der Waals surface area contributed by atoms with Gasteiger partial charge in [0.15, 0.2) is 13.6 Å². The fourth-order valence-electron chi connectivity index (χ4n) is 0.298. The summed E-state index contributed by atoms with van der Waals surface area (Å²) >= 11 is 0. The van der Waals surface area contributed by atoms with Gasteiger partial charge in [0.05, 0.1) is 0 Å². The van der Waals surface area contributed by atoms with E-state index in [0.29, 0.717) is 0 Å². The molecule has 64 valence electrons. The molecule has 0 bridgehead atoms. The summed E-state index contributed by atoms with van der Waals surface area (Å²) in [5.41, 5.74) is 0. The molecule has 0 unspecified atom stereocenters. The van der Waals surface area contributed by atoms with Crippen molar-refractivity contribution in [2.75, 3.05) is 20.2 Å². The lowest BCUT2D eigenvalue weighted by atomic mass is 10.8. The van der Waals surface area contributed by atoms with E-state index in [1.54, 1.807) is 0 Å². The molecule has 0 aliphatic rings. The lowest BCUT2D eigenvalue weighted by molar-refractivity contribution is -0.163. The van der Waals surface area contributed by atoms with Gasteiger partial charge in [0, 0.05) is 0 Å². The molecule has 6 heteroatoms. The first-order valence-corrected chi connectivity index (χ1v) is 2.70. The number of hydrogen-bond donors (Lipinski definition) is 1. The highest BCUT2D eigenvalue weighted by Gasteiger charge is 1.94. The Morgan fingerprint density at radius 3 is 2.64 bits per heavy atom. The van der Waals surface area contributed by atoms with E-state index >= 15 is 0 Å². The van der Waals surface area contributed by atoms with Crippen LogP contribution in [0.3, 0.4) is 0 Å². The van der Waals surface area contributed by atoms with Gasteiger partial charge in [0.1, 0.15) is 6.61 Å². The second-order valence-corrected chi connectivity index (χ2v) is 1.44. The number of aliphatic carboxylic acids is 1. The quantitative estimate of drug-likeness (QED) is 0.301. The van der Waals surface area contributed by atoms with Crippen LogP contribution in [0.15, 0.2) is 0 Å². The third-order valence-corrected chi connectivity index (χ3v) is 0.612. The van der Waals surface area contributed by atoms with Crippen LogP contribution in [-0.2, 0) is 23.8 Å². The second kappa shape index (κ2) is 6.97. The fourth-order valence-corrected chi connectivity index (χ4v) is 0.298. The minimum absolute atomic E-state index is 0.208. The Morgan fingerprint density at radius 1 is 1.36 bits per heavy atom. The van der Waals surface area contributed by atoms with Crippen LogP contribution in [0.1, 0.15) is 0 Å². The maximum Gasteiger partial charge on any atom is 0.329 e. The molecule has 0 heterocycles. The Balaban J connectivity index is 2.90. The van der Waals surface area contributed by atoms with Gasteiger partial charge < -0.3 is 19.3 Å². The first-order chi connectivity index (χ1) is 5.27. The van der Waals surface area contributed by atoms with Gasteiger partial charge in [-0.3, -0.25) is 4.79 Å². The van der Waals surface area contributed by atoms with Gasteiger partial charge >= 0.3 is 5.97 Å². The maximum absolute atomic E-state index is 9.82. The van der Waals surface area contributed by atoms with Crippen molar-refractivity contribution in [3.8, 4) is 0 Å². The predicted molar refractivity (Wildman–Crippen MR) is 31.6 cm³/mol. The van der Waals surface area contributed by atoms with E-state index in [-0.39, 0.29) is 20.1 Å². The summed E-state index contributed by atoms with van der Waals surface area (Å²) in [7, 11) is 0. The third-order valence-electron chi connectivity index (χ3n) is 0.612. The minimum atomic E-state index is -1.08. The van der Waals surface area contributed by atoms with Gasteiger partial charge in [-0.05, 0) is 0 Å². The Labute approximate surface area is 62.7 Å².